The Kier molecular flexibility index (Phi) is 6.70. The van der Waals surface area contributed by atoms with E-state index < -0.39 is 6.98 Å². The van der Waals surface area contributed by atoms with Gasteiger partial charge < -0.3 is 0 Å². The summed E-state index contributed by atoms with van der Waals surface area (Å²) in [6, 6.07) is 45.5. The maximum absolute atomic E-state index is 8.19. The molecule has 0 unspecified atom stereocenters. The molecule has 3 heterocycles. The zero-order valence-electron chi connectivity index (χ0n) is 29.8. The van der Waals surface area contributed by atoms with Gasteiger partial charge in [0, 0.05) is 6.20 Å². The number of nitrogens with zero attached hydrogens (tertiary/aromatic N) is 4. The standard InChI is InChI=1S/C42H34N4O.Pt/c1-42(2,3)32-21-22-43-41(24-32)45-27-31-23-30(29-11-6-5-7-12-29)17-19-36(31)37-20-18-35(26-40(37)45)47-34-14-10-13-33(25-34)46-28-44(4)38-15-8-9-16-39(38)46;/h5-24H,27H2,1-4H3;/q-2;/i4D3;. The van der Waals surface area contributed by atoms with E-state index in [1.165, 1.54) is 26.8 Å². The molecule has 240 valence electrons. The minimum absolute atomic E-state index is 0.0458. The van der Waals surface area contributed by atoms with Crippen molar-refractivity contribution in [3.63, 3.8) is 0 Å². The maximum atomic E-state index is 8.19. The third-order valence-electron chi connectivity index (χ3n) is 8.81. The molecule has 5 nitrogen and oxygen atoms in total. The predicted octanol–water partition coefficient (Wildman–Crippen LogP) is 10.1. The Labute approximate surface area is 296 Å². The molecule has 0 amide bonds. The Hall–Kier alpha value is -4.99. The molecule has 0 N–H and O–H groups in total. The van der Waals surface area contributed by atoms with Crippen molar-refractivity contribution in [1.29, 1.82) is 0 Å². The first-order valence-electron chi connectivity index (χ1n) is 17.3. The van der Waals surface area contributed by atoms with Crippen LogP contribution in [0.1, 0.15) is 36.0 Å². The van der Waals surface area contributed by atoms with Gasteiger partial charge in [0.1, 0.15) is 0 Å². The van der Waals surface area contributed by atoms with Crippen LogP contribution in [0, 0.1) is 15.9 Å². The third-order valence-corrected chi connectivity index (χ3v) is 9.82. The number of rotatable bonds is 5. The molecule has 2 aromatic heterocycles. The number of imidazole rings is 1. The summed E-state index contributed by atoms with van der Waals surface area (Å²) < 4.78 is 34.8. The molecule has 6 heteroatoms. The van der Waals surface area contributed by atoms with Gasteiger partial charge in [0.05, 0.1) is 0 Å². The van der Waals surface area contributed by atoms with Crippen LogP contribution in [0.25, 0.3) is 39.0 Å². The summed E-state index contributed by atoms with van der Waals surface area (Å²) in [5.74, 6) is 1.87. The van der Waals surface area contributed by atoms with Crippen LogP contribution in [0.15, 0.2) is 121 Å². The van der Waals surface area contributed by atoms with E-state index in [0.29, 0.717) is 33.1 Å². The van der Waals surface area contributed by atoms with Gasteiger partial charge in [-0.25, -0.2) is 0 Å². The van der Waals surface area contributed by atoms with Crippen molar-refractivity contribution in [3.8, 4) is 39.4 Å². The molecular formula is C42H34N4OPt-2. The number of fused-ring (bicyclic) bond motifs is 4. The topological polar surface area (TPSA) is 35.2 Å². The van der Waals surface area contributed by atoms with Gasteiger partial charge in [-0.3, -0.25) is 0 Å². The van der Waals surface area contributed by atoms with E-state index in [0.717, 1.165) is 28.1 Å². The Bertz CT molecular complexity index is 2500. The van der Waals surface area contributed by atoms with Gasteiger partial charge in [0.2, 0.25) is 0 Å². The average Bonchev–Trinajstić information content (AvgIpc) is 3.43. The van der Waals surface area contributed by atoms with Gasteiger partial charge in [-0.05, 0) is 34.2 Å². The van der Waals surface area contributed by atoms with Crippen LogP contribution in [0.2, 0.25) is 0 Å². The SMILES string of the molecule is [2H]C([2H])([2H])n1[c](=[Pt])n(-c2[c-]c(Oc3[c-]c4c(cc3)-c3ccc(-c5ccccc5)cc3CN4c3cc(C(C)(C)C)ccn3)ccc2)c2ccccc21. The summed E-state index contributed by atoms with van der Waals surface area (Å²) in [5.41, 5.74) is 9.84. The normalized spacial score (nSPS) is 13.8. The van der Waals surface area contributed by atoms with Gasteiger partial charge in [-0.2, -0.15) is 0 Å². The Balaban J connectivity index is 1.21. The molecule has 0 saturated heterocycles. The number of para-hydroxylation sites is 2. The first kappa shape index (κ1) is 27.0. The van der Waals surface area contributed by atoms with Crippen LogP contribution in [0.5, 0.6) is 11.5 Å². The first-order chi connectivity index (χ1) is 24.5. The van der Waals surface area contributed by atoms with Crippen LogP contribution in [-0.2, 0) is 38.3 Å². The molecule has 8 rings (SSSR count). The van der Waals surface area contributed by atoms with Crippen molar-refractivity contribution in [3.05, 3.63) is 149 Å². The summed E-state index contributed by atoms with van der Waals surface area (Å²) in [4.78, 5) is 7.07. The van der Waals surface area contributed by atoms with Gasteiger partial charge in [0.15, 0.2) is 0 Å². The molecular weight excluding hydrogens is 772 g/mol. The Morgan fingerprint density at radius 1 is 0.771 bits per heavy atom. The zero-order chi connectivity index (χ0) is 35.5. The quantitative estimate of drug-likeness (QED) is 0.163. The van der Waals surface area contributed by atoms with Crippen molar-refractivity contribution in [1.82, 2.24) is 14.1 Å². The molecule has 0 radical (unpaired) electrons. The molecule has 5 aromatic carbocycles. The molecule has 0 spiro atoms. The minimum atomic E-state index is -2.34. The third kappa shape index (κ3) is 5.42. The Morgan fingerprint density at radius 3 is 2.35 bits per heavy atom. The van der Waals surface area contributed by atoms with Gasteiger partial charge >= 0.3 is 200 Å². The molecule has 0 saturated carbocycles. The van der Waals surface area contributed by atoms with Crippen LogP contribution < -0.4 is 9.64 Å². The fourth-order valence-corrected chi connectivity index (χ4v) is 7.14. The van der Waals surface area contributed by atoms with E-state index >= 15 is 0 Å². The summed E-state index contributed by atoms with van der Waals surface area (Å²) in [7, 11) is 0. The second-order valence-electron chi connectivity index (χ2n) is 13.0. The number of benzene rings is 5. The van der Waals surface area contributed by atoms with E-state index in [9.17, 15) is 0 Å². The fraction of sp³-hybridized carbons (Fsp3) is 0.143. The van der Waals surface area contributed by atoms with Gasteiger partial charge in [-0.15, -0.1) is 0 Å². The molecule has 1 aliphatic heterocycles. The van der Waals surface area contributed by atoms with Crippen molar-refractivity contribution < 1.29 is 28.2 Å². The van der Waals surface area contributed by atoms with Crippen LogP contribution >= 0.6 is 0 Å². The molecule has 48 heavy (non-hydrogen) atoms. The number of pyridine rings is 1. The fourth-order valence-electron chi connectivity index (χ4n) is 6.32. The molecule has 1 aliphatic rings. The van der Waals surface area contributed by atoms with E-state index in [1.807, 2.05) is 65.4 Å². The van der Waals surface area contributed by atoms with Gasteiger partial charge in [-0.1, -0.05) is 57.2 Å². The summed E-state index contributed by atoms with van der Waals surface area (Å²) >= 11 is 2.07. The van der Waals surface area contributed by atoms with E-state index in [4.69, 9.17) is 13.8 Å². The van der Waals surface area contributed by atoms with Crippen molar-refractivity contribution in [2.24, 2.45) is 6.98 Å². The van der Waals surface area contributed by atoms with Crippen molar-refractivity contribution in [2.75, 3.05) is 4.90 Å². The number of aromatic nitrogens is 3. The monoisotopic (exact) mass is 808 g/mol. The molecule has 0 bridgehead atoms. The van der Waals surface area contributed by atoms with Crippen LogP contribution in [0.3, 0.4) is 0 Å². The summed E-state index contributed by atoms with van der Waals surface area (Å²) in [6.07, 6.45) is 1.88. The van der Waals surface area contributed by atoms with Gasteiger partial charge in [0.25, 0.3) is 0 Å². The zero-order valence-corrected chi connectivity index (χ0v) is 29.0. The van der Waals surface area contributed by atoms with Crippen molar-refractivity contribution in [2.45, 2.75) is 32.7 Å². The number of hydrogen-bond acceptors (Lipinski definition) is 3. The second kappa shape index (κ2) is 11.9. The van der Waals surface area contributed by atoms with Crippen LogP contribution in [-0.4, -0.2) is 14.1 Å². The first-order valence-corrected chi connectivity index (χ1v) is 17.0. The Morgan fingerprint density at radius 2 is 1.54 bits per heavy atom. The second-order valence-corrected chi connectivity index (χ2v) is 14.0. The summed E-state index contributed by atoms with van der Waals surface area (Å²) in [5, 5.41) is 0. The van der Waals surface area contributed by atoms with Crippen molar-refractivity contribution >= 4 is 22.5 Å². The van der Waals surface area contributed by atoms with E-state index in [-0.39, 0.29) is 5.41 Å². The number of ether oxygens (including phenoxy) is 1. The average molecular weight is 809 g/mol. The van der Waals surface area contributed by atoms with Crippen LogP contribution in [0.4, 0.5) is 11.5 Å². The number of hydrogen-bond donors (Lipinski definition) is 0. The predicted molar refractivity (Wildman–Crippen MR) is 189 cm³/mol. The molecule has 0 atom stereocenters. The molecule has 7 aromatic rings. The summed E-state index contributed by atoms with van der Waals surface area (Å²) in [6.45, 7) is 4.90. The number of aryl methyl sites for hydroxylation is 1. The van der Waals surface area contributed by atoms with E-state index in [2.05, 4.69) is 118 Å². The number of anilines is 2. The van der Waals surface area contributed by atoms with E-state index in [1.54, 1.807) is 0 Å². The molecule has 0 fully saturated rings. The molecule has 0 aliphatic carbocycles.